The Kier molecular flexibility index (Phi) is 4.49. The van der Waals surface area contributed by atoms with Gasteiger partial charge < -0.3 is 10.3 Å². The lowest BCUT2D eigenvalue weighted by Crippen LogP contribution is -2.27. The van der Waals surface area contributed by atoms with Crippen molar-refractivity contribution in [3.05, 3.63) is 70.9 Å². The molecule has 0 amide bonds. The zero-order valence-electron chi connectivity index (χ0n) is 14.4. The Bertz CT molecular complexity index is 894. The lowest BCUT2D eigenvalue weighted by molar-refractivity contribution is -0.137. The number of alkyl halides is 3. The molecule has 0 bridgehead atoms. The first-order valence-electron chi connectivity index (χ1n) is 9.01. The Balaban J connectivity index is 1.42. The van der Waals surface area contributed by atoms with Gasteiger partial charge >= 0.3 is 6.18 Å². The topological polar surface area (TPSA) is 27.8 Å². The predicted octanol–water partition coefficient (Wildman–Crippen LogP) is 5.40. The first-order valence-corrected chi connectivity index (χ1v) is 9.01. The van der Waals surface area contributed by atoms with Crippen LogP contribution in [0.3, 0.4) is 0 Å². The molecule has 0 radical (unpaired) electrons. The number of para-hydroxylation sites is 1. The third kappa shape index (κ3) is 3.36. The molecule has 3 aromatic rings. The molecular weight excluding hydrogens is 337 g/mol. The van der Waals surface area contributed by atoms with E-state index in [1.165, 1.54) is 22.2 Å². The van der Waals surface area contributed by atoms with Gasteiger partial charge in [-0.15, -0.1) is 0 Å². The van der Waals surface area contributed by atoms with E-state index in [-0.39, 0.29) is 6.04 Å². The van der Waals surface area contributed by atoms with Crippen molar-refractivity contribution in [2.75, 3.05) is 6.54 Å². The smallest absolute Gasteiger partial charge is 0.357 e. The van der Waals surface area contributed by atoms with Gasteiger partial charge in [0.15, 0.2) is 0 Å². The van der Waals surface area contributed by atoms with E-state index in [0.29, 0.717) is 6.42 Å². The quantitative estimate of drug-likeness (QED) is 0.642. The van der Waals surface area contributed by atoms with E-state index >= 15 is 0 Å². The summed E-state index contributed by atoms with van der Waals surface area (Å²) in [6.07, 6.45) is -0.245. The van der Waals surface area contributed by atoms with Crippen LogP contribution < -0.4 is 5.32 Å². The maximum absolute atomic E-state index is 12.6. The van der Waals surface area contributed by atoms with Crippen LogP contribution in [0.5, 0.6) is 0 Å². The van der Waals surface area contributed by atoms with E-state index in [4.69, 9.17) is 0 Å². The molecule has 26 heavy (non-hydrogen) atoms. The van der Waals surface area contributed by atoms with Gasteiger partial charge in [-0.1, -0.05) is 30.3 Å². The maximum Gasteiger partial charge on any atom is 0.416 e. The van der Waals surface area contributed by atoms with E-state index in [9.17, 15) is 13.2 Å². The highest BCUT2D eigenvalue weighted by atomic mass is 19.4. The van der Waals surface area contributed by atoms with Crippen LogP contribution in [-0.4, -0.2) is 11.5 Å². The highest BCUT2D eigenvalue weighted by molar-refractivity contribution is 5.85. The lowest BCUT2D eigenvalue weighted by atomic mass is 9.91. The summed E-state index contributed by atoms with van der Waals surface area (Å²) in [6, 6.07) is 14.1. The molecule has 0 unspecified atom stereocenters. The van der Waals surface area contributed by atoms with Crippen LogP contribution >= 0.6 is 0 Å². The molecule has 136 valence electrons. The summed E-state index contributed by atoms with van der Waals surface area (Å²) in [5.74, 6) is 0. The molecule has 0 saturated carbocycles. The second-order valence-corrected chi connectivity index (χ2v) is 6.91. The molecule has 1 heterocycles. The van der Waals surface area contributed by atoms with Crippen LogP contribution in [0, 0.1) is 0 Å². The van der Waals surface area contributed by atoms with Gasteiger partial charge in [0.05, 0.1) is 5.56 Å². The Morgan fingerprint density at radius 1 is 1.04 bits per heavy atom. The van der Waals surface area contributed by atoms with Gasteiger partial charge in [0.2, 0.25) is 0 Å². The molecule has 1 aromatic heterocycles. The number of halogens is 3. The van der Waals surface area contributed by atoms with Crippen LogP contribution in [0.1, 0.15) is 41.3 Å². The molecule has 0 saturated heterocycles. The number of hydrogen-bond donors (Lipinski definition) is 2. The minimum Gasteiger partial charge on any atom is -0.357 e. The van der Waals surface area contributed by atoms with Gasteiger partial charge in [0, 0.05) is 22.6 Å². The highest BCUT2D eigenvalue weighted by Crippen LogP contribution is 2.34. The Morgan fingerprint density at radius 2 is 1.81 bits per heavy atom. The summed E-state index contributed by atoms with van der Waals surface area (Å²) in [4.78, 5) is 3.55. The molecule has 2 N–H and O–H groups in total. The first kappa shape index (κ1) is 17.2. The van der Waals surface area contributed by atoms with Crippen molar-refractivity contribution in [2.45, 2.75) is 37.9 Å². The lowest BCUT2D eigenvalue weighted by Gasteiger charge is -2.24. The van der Waals surface area contributed by atoms with Crippen molar-refractivity contribution in [3.8, 4) is 0 Å². The number of fused-ring (bicyclic) bond motifs is 3. The molecule has 2 aromatic carbocycles. The fraction of sp³-hybridized carbons (Fsp3) is 0.333. The second-order valence-electron chi connectivity index (χ2n) is 6.91. The summed E-state index contributed by atoms with van der Waals surface area (Å²) >= 11 is 0. The fourth-order valence-corrected chi connectivity index (χ4v) is 3.87. The second kappa shape index (κ2) is 6.80. The molecule has 0 spiro atoms. The van der Waals surface area contributed by atoms with Gasteiger partial charge in [0.25, 0.3) is 0 Å². The number of benzene rings is 2. The van der Waals surface area contributed by atoms with Gasteiger partial charge in [-0.3, -0.25) is 0 Å². The van der Waals surface area contributed by atoms with E-state index in [1.807, 2.05) is 6.07 Å². The summed E-state index contributed by atoms with van der Waals surface area (Å²) in [5, 5.41) is 4.88. The average molecular weight is 358 g/mol. The molecule has 0 fully saturated rings. The largest absolute Gasteiger partial charge is 0.416 e. The maximum atomic E-state index is 12.6. The van der Waals surface area contributed by atoms with Crippen LogP contribution in [0.25, 0.3) is 10.9 Å². The van der Waals surface area contributed by atoms with Crippen molar-refractivity contribution in [2.24, 2.45) is 0 Å². The fourth-order valence-electron chi connectivity index (χ4n) is 3.87. The van der Waals surface area contributed by atoms with E-state index < -0.39 is 11.7 Å². The van der Waals surface area contributed by atoms with Crippen molar-refractivity contribution in [1.82, 2.24) is 10.3 Å². The highest BCUT2D eigenvalue weighted by Gasteiger charge is 2.30. The van der Waals surface area contributed by atoms with Crippen molar-refractivity contribution in [3.63, 3.8) is 0 Å². The SMILES string of the molecule is FC(F)(F)c1ccc(CCN[C@@H]2CCCc3c2[nH]c2ccccc32)cc1. The van der Waals surface area contributed by atoms with Crippen LogP contribution in [0.2, 0.25) is 0 Å². The molecule has 4 rings (SSSR count). The molecule has 2 nitrogen and oxygen atoms in total. The molecule has 0 aliphatic heterocycles. The van der Waals surface area contributed by atoms with Gasteiger partial charge in [-0.2, -0.15) is 13.2 Å². The third-order valence-electron chi connectivity index (χ3n) is 5.20. The zero-order valence-corrected chi connectivity index (χ0v) is 14.4. The average Bonchev–Trinajstić information content (AvgIpc) is 3.01. The van der Waals surface area contributed by atoms with Crippen molar-refractivity contribution in [1.29, 1.82) is 0 Å². The van der Waals surface area contributed by atoms with Crippen LogP contribution in [0.4, 0.5) is 13.2 Å². The van der Waals surface area contributed by atoms with E-state index in [0.717, 1.165) is 43.5 Å². The first-order chi connectivity index (χ1) is 12.5. The summed E-state index contributed by atoms with van der Waals surface area (Å²) < 4.78 is 37.9. The number of H-pyrrole nitrogens is 1. The van der Waals surface area contributed by atoms with Gasteiger partial charge in [0.1, 0.15) is 0 Å². The Hall–Kier alpha value is -2.27. The normalized spacial score (nSPS) is 17.4. The van der Waals surface area contributed by atoms with Gasteiger partial charge in [-0.25, -0.2) is 0 Å². The third-order valence-corrected chi connectivity index (χ3v) is 5.20. The summed E-state index contributed by atoms with van der Waals surface area (Å²) in [7, 11) is 0. The minimum atomic E-state index is -4.27. The number of aromatic amines is 1. The van der Waals surface area contributed by atoms with Crippen LogP contribution in [0.15, 0.2) is 48.5 Å². The predicted molar refractivity (Wildman–Crippen MR) is 97.1 cm³/mol. The Morgan fingerprint density at radius 3 is 2.58 bits per heavy atom. The monoisotopic (exact) mass is 358 g/mol. The van der Waals surface area contributed by atoms with E-state index in [1.54, 1.807) is 12.1 Å². The molecule has 1 aliphatic carbocycles. The Labute approximate surface area is 150 Å². The molecule has 1 aliphatic rings. The standard InChI is InChI=1S/C21H21F3N2/c22-21(23,24)15-10-8-14(9-11-15)12-13-25-19-7-3-5-17-16-4-1-2-6-18(16)26-20(17)19/h1-2,4,6,8-11,19,25-26H,3,5,7,12-13H2/t19-/m1/s1. The van der Waals surface area contributed by atoms with Gasteiger partial charge in [-0.05, 0) is 61.6 Å². The number of hydrogen-bond acceptors (Lipinski definition) is 1. The number of aromatic nitrogens is 1. The molecular formula is C21H21F3N2. The number of aryl methyl sites for hydroxylation is 1. The van der Waals surface area contributed by atoms with Crippen LogP contribution in [-0.2, 0) is 19.0 Å². The summed E-state index contributed by atoms with van der Waals surface area (Å²) in [6.45, 7) is 0.741. The summed E-state index contributed by atoms with van der Waals surface area (Å²) in [5.41, 5.74) is 4.17. The number of rotatable bonds is 4. The molecule has 1 atom stereocenters. The van der Waals surface area contributed by atoms with Crippen molar-refractivity contribution >= 4 is 10.9 Å². The molecule has 5 heteroatoms. The minimum absolute atomic E-state index is 0.278. The zero-order chi connectivity index (χ0) is 18.1. The van der Waals surface area contributed by atoms with Crippen molar-refractivity contribution < 1.29 is 13.2 Å². The number of nitrogens with one attached hydrogen (secondary N) is 2. The van der Waals surface area contributed by atoms with E-state index in [2.05, 4.69) is 28.5 Å².